The lowest BCUT2D eigenvalue weighted by atomic mass is 9.97. The smallest absolute Gasteiger partial charge is 0.261 e. The minimum Gasteiger partial charge on any atom is -0.399 e. The number of amides is 1. The van der Waals surface area contributed by atoms with E-state index >= 15 is 0 Å². The first kappa shape index (κ1) is 14.7. The molecule has 0 spiro atoms. The summed E-state index contributed by atoms with van der Waals surface area (Å²) in [5, 5.41) is 3.22. The first-order valence-corrected chi connectivity index (χ1v) is 8.98. The van der Waals surface area contributed by atoms with Crippen molar-refractivity contribution in [1.29, 1.82) is 0 Å². The van der Waals surface area contributed by atoms with Crippen molar-refractivity contribution in [1.82, 2.24) is 10.2 Å². The Balaban J connectivity index is 1.44. The van der Waals surface area contributed by atoms with Gasteiger partial charge in [-0.25, -0.2) is 0 Å². The number of anilines is 1. The molecule has 2 saturated heterocycles. The summed E-state index contributed by atoms with van der Waals surface area (Å²) in [4.78, 5) is 16.9. The zero-order valence-electron chi connectivity index (χ0n) is 13.0. The van der Waals surface area contributed by atoms with Gasteiger partial charge < -0.3 is 16.0 Å². The van der Waals surface area contributed by atoms with Gasteiger partial charge in [-0.15, -0.1) is 11.3 Å². The number of hydrogen-bond donors (Lipinski definition) is 2. The number of hydrogen-bond acceptors (Lipinski definition) is 4. The second-order valence-corrected chi connectivity index (χ2v) is 7.69. The number of nitrogens with one attached hydrogen (secondary N) is 1. The minimum atomic E-state index is 0.0594. The van der Waals surface area contributed by atoms with E-state index in [4.69, 9.17) is 5.73 Å². The van der Waals surface area contributed by atoms with Crippen LogP contribution >= 0.6 is 11.3 Å². The van der Waals surface area contributed by atoms with E-state index in [0.717, 1.165) is 39.9 Å². The number of piperidine rings is 1. The molecule has 0 aliphatic carbocycles. The molecule has 23 heavy (non-hydrogen) atoms. The summed E-state index contributed by atoms with van der Waals surface area (Å²) in [5.74, 6) is 0.826. The topological polar surface area (TPSA) is 58.4 Å². The van der Waals surface area contributed by atoms with Crippen LogP contribution in [0.2, 0.25) is 0 Å². The highest BCUT2D eigenvalue weighted by molar-refractivity contribution is 7.17. The van der Waals surface area contributed by atoms with Crippen LogP contribution in [-0.2, 0) is 0 Å². The highest BCUT2D eigenvalue weighted by Crippen LogP contribution is 2.30. The van der Waals surface area contributed by atoms with Crippen LogP contribution in [0, 0.1) is 5.92 Å². The summed E-state index contributed by atoms with van der Waals surface area (Å²) in [6, 6.07) is 12.0. The van der Waals surface area contributed by atoms with Crippen LogP contribution in [0.3, 0.4) is 0 Å². The van der Waals surface area contributed by atoms with Gasteiger partial charge >= 0.3 is 0 Å². The van der Waals surface area contributed by atoms with Crippen LogP contribution in [0.15, 0.2) is 36.4 Å². The maximum Gasteiger partial charge on any atom is 0.261 e. The number of thiophene rings is 1. The Hall–Kier alpha value is -1.85. The summed E-state index contributed by atoms with van der Waals surface area (Å²) >= 11 is 1.54. The highest BCUT2D eigenvalue weighted by Gasteiger charge is 2.33. The number of nitrogen functional groups attached to an aromatic ring is 1. The van der Waals surface area contributed by atoms with Crippen LogP contribution in [0.25, 0.3) is 10.4 Å². The lowest BCUT2D eigenvalue weighted by Crippen LogP contribution is -2.46. The summed E-state index contributed by atoms with van der Waals surface area (Å²) in [6.45, 7) is 3.41. The molecule has 2 aliphatic rings. The predicted octanol–water partition coefficient (Wildman–Crippen LogP) is 2.82. The Labute approximate surface area is 140 Å². The molecule has 3 heterocycles. The zero-order chi connectivity index (χ0) is 15.8. The number of rotatable bonds is 3. The van der Waals surface area contributed by atoms with E-state index in [-0.39, 0.29) is 5.91 Å². The molecule has 3 atom stereocenters. The van der Waals surface area contributed by atoms with Gasteiger partial charge in [-0.1, -0.05) is 12.1 Å². The van der Waals surface area contributed by atoms with Crippen molar-refractivity contribution in [3.8, 4) is 10.4 Å². The summed E-state index contributed by atoms with van der Waals surface area (Å²) < 4.78 is 0. The zero-order valence-corrected chi connectivity index (χ0v) is 13.8. The number of nitrogens with two attached hydrogens (primary N) is 1. The third kappa shape index (κ3) is 3.12. The largest absolute Gasteiger partial charge is 0.399 e. The normalized spacial score (nSPS) is 26.2. The average Bonchev–Trinajstić information content (AvgIpc) is 3.15. The van der Waals surface area contributed by atoms with Gasteiger partial charge in [-0.3, -0.25) is 4.79 Å². The lowest BCUT2D eigenvalue weighted by Gasteiger charge is -2.30. The number of benzene rings is 1. The van der Waals surface area contributed by atoms with E-state index in [9.17, 15) is 4.79 Å². The third-order valence-electron chi connectivity index (χ3n) is 4.83. The molecule has 1 amide bonds. The van der Waals surface area contributed by atoms with Gasteiger partial charge in [0.1, 0.15) is 0 Å². The van der Waals surface area contributed by atoms with Crippen molar-refractivity contribution in [3.05, 3.63) is 41.3 Å². The minimum absolute atomic E-state index is 0.0594. The van der Waals surface area contributed by atoms with Gasteiger partial charge in [0.15, 0.2) is 0 Å². The van der Waals surface area contributed by atoms with Crippen molar-refractivity contribution in [2.24, 2.45) is 5.92 Å². The number of nitrogens with zero attached hydrogens (tertiary/aromatic N) is 1. The monoisotopic (exact) mass is 327 g/mol. The molecule has 1 aromatic heterocycles. The first-order valence-electron chi connectivity index (χ1n) is 8.16. The van der Waals surface area contributed by atoms with E-state index in [1.807, 2.05) is 36.4 Å². The molecule has 120 valence electrons. The molecule has 2 fully saturated rings. The Morgan fingerprint density at radius 2 is 2.00 bits per heavy atom. The molecule has 4 rings (SSSR count). The summed E-state index contributed by atoms with van der Waals surface area (Å²) in [6.07, 6.45) is 2.41. The van der Waals surface area contributed by atoms with E-state index in [0.29, 0.717) is 6.04 Å². The Bertz CT molecular complexity index is 697. The Morgan fingerprint density at radius 1 is 1.17 bits per heavy atom. The molecule has 2 aromatic rings. The van der Waals surface area contributed by atoms with Gasteiger partial charge in [0.25, 0.3) is 5.91 Å². The van der Waals surface area contributed by atoms with Gasteiger partial charge in [-0.2, -0.15) is 0 Å². The molecule has 4 nitrogen and oxygen atoms in total. The second kappa shape index (κ2) is 5.98. The Morgan fingerprint density at radius 3 is 2.78 bits per heavy atom. The van der Waals surface area contributed by atoms with Gasteiger partial charge in [0.05, 0.1) is 4.88 Å². The van der Waals surface area contributed by atoms with Crippen molar-refractivity contribution < 1.29 is 4.79 Å². The fourth-order valence-electron chi connectivity index (χ4n) is 3.68. The molecule has 3 N–H and O–H groups in total. The van der Waals surface area contributed by atoms with E-state index in [1.165, 1.54) is 30.8 Å². The van der Waals surface area contributed by atoms with Crippen LogP contribution in [-0.4, -0.2) is 36.5 Å². The van der Waals surface area contributed by atoms with Crippen LogP contribution in [0.4, 0.5) is 5.69 Å². The molecule has 2 aliphatic heterocycles. The van der Waals surface area contributed by atoms with Crippen molar-refractivity contribution in [2.75, 3.05) is 25.4 Å². The third-order valence-corrected chi connectivity index (χ3v) is 5.96. The fraction of sp³-hybridized carbons (Fsp3) is 0.389. The average molecular weight is 327 g/mol. The van der Waals surface area contributed by atoms with Gasteiger partial charge in [-0.05, 0) is 55.1 Å². The molecule has 1 unspecified atom stereocenters. The molecule has 5 heteroatoms. The second-order valence-electron chi connectivity index (χ2n) is 6.61. The maximum atomic E-state index is 12.5. The quantitative estimate of drug-likeness (QED) is 0.852. The molecule has 2 bridgehead atoms. The molecular formula is C18H21N3OS. The molecule has 0 saturated carbocycles. The van der Waals surface area contributed by atoms with Gasteiger partial charge in [0, 0.05) is 29.7 Å². The van der Waals surface area contributed by atoms with Crippen LogP contribution < -0.4 is 11.1 Å². The maximum absolute atomic E-state index is 12.5. The fourth-order valence-corrected chi connectivity index (χ4v) is 4.60. The standard InChI is InChI=1S/C18H21N3OS/c19-14-3-1-13(2-4-14)16-5-6-17(23-16)18(22)20-15-9-12-7-8-21(10-12)11-15/h1-6,12,15H,7-11,19H2,(H,20,22)/t12-,15+/m1/s1. The molecule has 0 radical (unpaired) electrons. The summed E-state index contributed by atoms with van der Waals surface area (Å²) in [5.41, 5.74) is 7.58. The molecule has 1 aromatic carbocycles. The van der Waals surface area contributed by atoms with E-state index in [1.54, 1.807) is 0 Å². The van der Waals surface area contributed by atoms with Crippen molar-refractivity contribution in [2.45, 2.75) is 18.9 Å². The van der Waals surface area contributed by atoms with E-state index in [2.05, 4.69) is 10.2 Å². The number of carbonyl (C=O) groups is 1. The number of carbonyl (C=O) groups excluding carboxylic acids is 1. The molecular weight excluding hydrogens is 306 g/mol. The van der Waals surface area contributed by atoms with Crippen molar-refractivity contribution >= 4 is 22.9 Å². The van der Waals surface area contributed by atoms with Crippen molar-refractivity contribution in [3.63, 3.8) is 0 Å². The SMILES string of the molecule is Nc1ccc(-c2ccc(C(=O)N[C@H]3C[C@H]4CCN(C4)C3)s2)cc1. The lowest BCUT2D eigenvalue weighted by molar-refractivity contribution is 0.0913. The van der Waals surface area contributed by atoms with Crippen LogP contribution in [0.1, 0.15) is 22.5 Å². The van der Waals surface area contributed by atoms with Gasteiger partial charge in [0.2, 0.25) is 0 Å². The van der Waals surface area contributed by atoms with E-state index < -0.39 is 0 Å². The summed E-state index contributed by atoms with van der Waals surface area (Å²) in [7, 11) is 0. The highest BCUT2D eigenvalue weighted by atomic mass is 32.1. The predicted molar refractivity (Wildman–Crippen MR) is 94.6 cm³/mol. The van der Waals surface area contributed by atoms with Crippen LogP contribution in [0.5, 0.6) is 0 Å². The number of fused-ring (bicyclic) bond motifs is 2. The first-order chi connectivity index (χ1) is 11.2. The Kier molecular flexibility index (Phi) is 3.83.